The second kappa shape index (κ2) is 6.17. The van der Waals surface area contributed by atoms with Crippen LogP contribution in [0.5, 0.6) is 5.88 Å². The molecule has 0 saturated heterocycles. The average Bonchev–Trinajstić information content (AvgIpc) is 3.13. The quantitative estimate of drug-likeness (QED) is 0.909. The van der Waals surface area contributed by atoms with Crippen LogP contribution in [-0.2, 0) is 19.4 Å². The summed E-state index contributed by atoms with van der Waals surface area (Å²) in [4.78, 5) is 16.8. The van der Waals surface area contributed by atoms with Gasteiger partial charge >= 0.3 is 0 Å². The van der Waals surface area contributed by atoms with Crippen LogP contribution in [0.2, 0.25) is 0 Å². The Morgan fingerprint density at radius 3 is 3.05 bits per heavy atom. The van der Waals surface area contributed by atoms with Crippen molar-refractivity contribution in [1.29, 1.82) is 0 Å². The van der Waals surface area contributed by atoms with Crippen molar-refractivity contribution >= 4 is 5.91 Å². The van der Waals surface area contributed by atoms with Gasteiger partial charge in [0.2, 0.25) is 5.88 Å². The van der Waals surface area contributed by atoms with Crippen molar-refractivity contribution in [2.75, 3.05) is 13.7 Å². The Morgan fingerprint density at radius 2 is 2.32 bits per heavy atom. The third-order valence-corrected chi connectivity index (χ3v) is 3.84. The molecular formula is C16H20N4O2. The summed E-state index contributed by atoms with van der Waals surface area (Å²) in [6, 6.07) is 1.92. The highest BCUT2D eigenvalue weighted by molar-refractivity contribution is 5.96. The summed E-state index contributed by atoms with van der Waals surface area (Å²) < 4.78 is 7.08. The molecule has 0 radical (unpaired) electrons. The average molecular weight is 300 g/mol. The van der Waals surface area contributed by atoms with Gasteiger partial charge in [-0.15, -0.1) is 0 Å². The topological polar surface area (TPSA) is 69.0 Å². The molecule has 1 aliphatic rings. The van der Waals surface area contributed by atoms with E-state index in [0.29, 0.717) is 24.5 Å². The van der Waals surface area contributed by atoms with E-state index in [9.17, 15) is 4.79 Å². The molecule has 0 unspecified atom stereocenters. The predicted octanol–water partition coefficient (Wildman–Crippen LogP) is 1.51. The van der Waals surface area contributed by atoms with Crippen molar-refractivity contribution in [3.05, 3.63) is 40.8 Å². The fraction of sp³-hybridized carbons (Fsp3) is 0.438. The molecule has 0 spiro atoms. The molecule has 1 aliphatic carbocycles. The lowest BCUT2D eigenvalue weighted by Gasteiger charge is -2.11. The molecule has 0 aliphatic heterocycles. The van der Waals surface area contributed by atoms with Crippen molar-refractivity contribution in [3.8, 4) is 5.88 Å². The second-order valence-corrected chi connectivity index (χ2v) is 5.54. The molecule has 6 heteroatoms. The van der Waals surface area contributed by atoms with Crippen molar-refractivity contribution in [1.82, 2.24) is 20.1 Å². The van der Waals surface area contributed by atoms with Gasteiger partial charge in [-0.1, -0.05) is 0 Å². The number of pyridine rings is 1. The van der Waals surface area contributed by atoms with E-state index >= 15 is 0 Å². The minimum absolute atomic E-state index is 0.150. The van der Waals surface area contributed by atoms with E-state index in [4.69, 9.17) is 4.74 Å². The molecule has 2 heterocycles. The Morgan fingerprint density at radius 1 is 1.45 bits per heavy atom. The Kier molecular flexibility index (Phi) is 4.09. The van der Waals surface area contributed by atoms with Gasteiger partial charge in [-0.2, -0.15) is 5.10 Å². The lowest BCUT2D eigenvalue weighted by molar-refractivity contribution is 0.0948. The maximum atomic E-state index is 12.4. The van der Waals surface area contributed by atoms with Crippen LogP contribution < -0.4 is 10.1 Å². The van der Waals surface area contributed by atoms with Crippen LogP contribution >= 0.6 is 0 Å². The zero-order chi connectivity index (χ0) is 15.5. The van der Waals surface area contributed by atoms with Gasteiger partial charge in [0, 0.05) is 18.4 Å². The van der Waals surface area contributed by atoms with Gasteiger partial charge in [-0.3, -0.25) is 9.48 Å². The van der Waals surface area contributed by atoms with E-state index in [0.717, 1.165) is 36.1 Å². The highest BCUT2D eigenvalue weighted by atomic mass is 16.5. The summed E-state index contributed by atoms with van der Waals surface area (Å²) in [7, 11) is 1.55. The number of aryl methyl sites for hydroxylation is 3. The largest absolute Gasteiger partial charge is 0.480 e. The molecular weight excluding hydrogens is 280 g/mol. The molecule has 1 N–H and O–H groups in total. The van der Waals surface area contributed by atoms with Crippen LogP contribution in [0.15, 0.2) is 18.5 Å². The molecule has 0 aromatic carbocycles. The number of methoxy groups -OCH3 is 1. The van der Waals surface area contributed by atoms with Crippen LogP contribution in [0.25, 0.3) is 0 Å². The first-order chi connectivity index (χ1) is 10.7. The molecule has 2 aromatic heterocycles. The maximum absolute atomic E-state index is 12.4. The summed E-state index contributed by atoms with van der Waals surface area (Å²) in [5.74, 6) is 0.260. The molecule has 2 aromatic rings. The molecule has 1 amide bonds. The number of fused-ring (bicyclic) bond motifs is 1. The van der Waals surface area contributed by atoms with E-state index in [1.165, 1.54) is 0 Å². The fourth-order valence-electron chi connectivity index (χ4n) is 2.74. The Hall–Kier alpha value is -2.37. The van der Waals surface area contributed by atoms with Crippen LogP contribution in [0, 0.1) is 6.92 Å². The number of aromatic nitrogens is 3. The first-order valence-corrected chi connectivity index (χ1v) is 7.51. The van der Waals surface area contributed by atoms with Crippen LogP contribution in [0.1, 0.15) is 33.6 Å². The van der Waals surface area contributed by atoms with Crippen LogP contribution in [0.4, 0.5) is 0 Å². The normalized spacial score (nSPS) is 13.0. The Labute approximate surface area is 129 Å². The standard InChI is InChI=1S/C16H20N4O2/c1-11-9-18-20(10-11)7-6-17-15(21)13-8-12-4-3-5-14(12)19-16(13)22-2/h8-10H,3-7H2,1-2H3,(H,17,21). The Bertz CT molecular complexity index is 693. The zero-order valence-electron chi connectivity index (χ0n) is 12.9. The van der Waals surface area contributed by atoms with E-state index in [-0.39, 0.29) is 5.91 Å². The van der Waals surface area contributed by atoms with Crippen molar-refractivity contribution in [2.45, 2.75) is 32.7 Å². The summed E-state index contributed by atoms with van der Waals surface area (Å²) >= 11 is 0. The van der Waals surface area contributed by atoms with E-state index in [1.807, 2.05) is 23.9 Å². The number of rotatable bonds is 5. The molecule has 0 bridgehead atoms. The number of carbonyl (C=O) groups excluding carboxylic acids is 1. The molecule has 3 rings (SSSR count). The SMILES string of the molecule is COc1nc2c(cc1C(=O)NCCn1cc(C)cn1)CCC2. The van der Waals surface area contributed by atoms with Gasteiger partial charge < -0.3 is 10.1 Å². The molecule has 22 heavy (non-hydrogen) atoms. The van der Waals surface area contributed by atoms with E-state index < -0.39 is 0 Å². The minimum atomic E-state index is -0.150. The van der Waals surface area contributed by atoms with E-state index in [1.54, 1.807) is 13.3 Å². The molecule has 6 nitrogen and oxygen atoms in total. The Balaban J connectivity index is 1.66. The van der Waals surface area contributed by atoms with Gasteiger partial charge in [0.25, 0.3) is 5.91 Å². The van der Waals surface area contributed by atoms with Gasteiger partial charge in [-0.05, 0) is 43.4 Å². The summed E-state index contributed by atoms with van der Waals surface area (Å²) in [5.41, 5.74) is 3.84. The number of amides is 1. The van der Waals surface area contributed by atoms with Crippen molar-refractivity contribution in [2.24, 2.45) is 0 Å². The third kappa shape index (κ3) is 2.95. The first-order valence-electron chi connectivity index (χ1n) is 7.51. The highest BCUT2D eigenvalue weighted by Crippen LogP contribution is 2.26. The summed E-state index contributed by atoms with van der Waals surface area (Å²) in [6.45, 7) is 3.14. The number of hydrogen-bond donors (Lipinski definition) is 1. The van der Waals surface area contributed by atoms with Gasteiger partial charge in [-0.25, -0.2) is 4.98 Å². The number of hydrogen-bond acceptors (Lipinski definition) is 4. The van der Waals surface area contributed by atoms with Crippen LogP contribution in [-0.4, -0.2) is 34.3 Å². The third-order valence-electron chi connectivity index (χ3n) is 3.84. The summed E-state index contributed by atoms with van der Waals surface area (Å²) in [6.07, 6.45) is 6.79. The van der Waals surface area contributed by atoms with Gasteiger partial charge in [0.15, 0.2) is 0 Å². The summed E-state index contributed by atoms with van der Waals surface area (Å²) in [5, 5.41) is 7.10. The first kappa shape index (κ1) is 14.6. The maximum Gasteiger partial charge on any atom is 0.256 e. The lowest BCUT2D eigenvalue weighted by atomic mass is 10.1. The van der Waals surface area contributed by atoms with Crippen molar-refractivity contribution < 1.29 is 9.53 Å². The fourth-order valence-corrected chi connectivity index (χ4v) is 2.74. The van der Waals surface area contributed by atoms with Crippen molar-refractivity contribution in [3.63, 3.8) is 0 Å². The molecule has 0 fully saturated rings. The predicted molar refractivity (Wildman–Crippen MR) is 82.1 cm³/mol. The number of carbonyl (C=O) groups is 1. The smallest absolute Gasteiger partial charge is 0.256 e. The minimum Gasteiger partial charge on any atom is -0.480 e. The molecule has 116 valence electrons. The molecule has 0 saturated carbocycles. The van der Waals surface area contributed by atoms with Crippen LogP contribution in [0.3, 0.4) is 0 Å². The van der Waals surface area contributed by atoms with Gasteiger partial charge in [0.05, 0.1) is 19.9 Å². The van der Waals surface area contributed by atoms with E-state index in [2.05, 4.69) is 15.4 Å². The highest BCUT2D eigenvalue weighted by Gasteiger charge is 2.20. The van der Waals surface area contributed by atoms with Gasteiger partial charge in [0.1, 0.15) is 5.56 Å². The monoisotopic (exact) mass is 300 g/mol. The second-order valence-electron chi connectivity index (χ2n) is 5.54. The number of ether oxygens (including phenoxy) is 1. The number of nitrogens with zero attached hydrogens (tertiary/aromatic N) is 3. The number of nitrogens with one attached hydrogen (secondary N) is 1. The lowest BCUT2D eigenvalue weighted by Crippen LogP contribution is -2.28. The zero-order valence-corrected chi connectivity index (χ0v) is 12.9. The molecule has 0 atom stereocenters.